The summed E-state index contributed by atoms with van der Waals surface area (Å²) >= 11 is 0. The summed E-state index contributed by atoms with van der Waals surface area (Å²) in [4.78, 5) is 22.0. The molecule has 17 heavy (non-hydrogen) atoms. The zero-order chi connectivity index (χ0) is 12.3. The van der Waals surface area contributed by atoms with Crippen LogP contribution < -0.4 is 10.2 Å². The first-order valence-corrected chi connectivity index (χ1v) is 5.57. The van der Waals surface area contributed by atoms with Crippen LogP contribution in [0.3, 0.4) is 0 Å². The number of ether oxygens (including phenoxy) is 1. The number of carbonyl (C=O) groups excluding carboxylic acids is 1. The fourth-order valence-corrected chi connectivity index (χ4v) is 1.70. The van der Waals surface area contributed by atoms with E-state index in [9.17, 15) is 4.79 Å². The van der Waals surface area contributed by atoms with Crippen molar-refractivity contribution in [2.45, 2.75) is 13.0 Å². The molecule has 2 heterocycles. The van der Waals surface area contributed by atoms with Gasteiger partial charge in [-0.25, -0.2) is 9.97 Å². The number of aromatic nitrogens is 2. The number of nitrogens with one attached hydrogen (secondary N) is 1. The van der Waals surface area contributed by atoms with Gasteiger partial charge in [-0.15, -0.1) is 0 Å². The quantitative estimate of drug-likeness (QED) is 0.766. The number of carbonyl (C=O) groups is 1. The molecular weight excluding hydrogens is 220 g/mol. The lowest BCUT2D eigenvalue weighted by atomic mass is 10.2. The monoisotopic (exact) mass is 236 g/mol. The van der Waals surface area contributed by atoms with Crippen LogP contribution in [0.4, 0.5) is 5.95 Å². The summed E-state index contributed by atoms with van der Waals surface area (Å²) in [6, 6.07) is 0. The number of hydrogen-bond donors (Lipinski definition) is 1. The molecule has 2 rings (SSSR count). The lowest BCUT2D eigenvalue weighted by Crippen LogP contribution is -2.49. The molecule has 1 amide bonds. The minimum atomic E-state index is -0.446. The highest BCUT2D eigenvalue weighted by Crippen LogP contribution is 2.12. The van der Waals surface area contributed by atoms with Gasteiger partial charge in [0.05, 0.1) is 13.2 Å². The molecule has 6 heteroatoms. The predicted molar refractivity (Wildman–Crippen MR) is 62.8 cm³/mol. The van der Waals surface area contributed by atoms with Gasteiger partial charge in [0.15, 0.2) is 6.10 Å². The molecule has 0 unspecified atom stereocenters. The molecular formula is C11H16N4O2. The Hall–Kier alpha value is -1.69. The highest BCUT2D eigenvalue weighted by atomic mass is 16.5. The molecule has 1 aliphatic rings. The van der Waals surface area contributed by atoms with Crippen molar-refractivity contribution in [1.29, 1.82) is 0 Å². The third kappa shape index (κ3) is 2.71. The molecule has 92 valence electrons. The zero-order valence-electron chi connectivity index (χ0n) is 10.0. The van der Waals surface area contributed by atoms with Crippen LogP contribution in [0.25, 0.3) is 0 Å². The lowest BCUT2D eigenvalue weighted by molar-refractivity contribution is -0.132. The fraction of sp³-hybridized carbons (Fsp3) is 0.545. The summed E-state index contributed by atoms with van der Waals surface area (Å²) < 4.78 is 5.40. The minimum Gasteiger partial charge on any atom is -0.365 e. The third-order valence-corrected chi connectivity index (χ3v) is 2.66. The van der Waals surface area contributed by atoms with Crippen LogP contribution in [-0.4, -0.2) is 48.7 Å². The van der Waals surface area contributed by atoms with Crippen molar-refractivity contribution in [2.24, 2.45) is 0 Å². The van der Waals surface area contributed by atoms with E-state index in [-0.39, 0.29) is 5.91 Å². The van der Waals surface area contributed by atoms with Crippen LogP contribution in [0, 0.1) is 6.92 Å². The van der Waals surface area contributed by atoms with Crippen molar-refractivity contribution in [1.82, 2.24) is 15.3 Å². The summed E-state index contributed by atoms with van der Waals surface area (Å²) in [6.07, 6.45) is 3.10. The minimum absolute atomic E-state index is 0.109. The first kappa shape index (κ1) is 11.8. The molecule has 0 radical (unpaired) electrons. The smallest absolute Gasteiger partial charge is 0.250 e. The van der Waals surface area contributed by atoms with E-state index in [1.54, 1.807) is 19.4 Å². The molecule has 1 fully saturated rings. The second-order valence-electron chi connectivity index (χ2n) is 3.98. The van der Waals surface area contributed by atoms with Crippen LogP contribution in [-0.2, 0) is 9.53 Å². The molecule has 0 bridgehead atoms. The van der Waals surface area contributed by atoms with E-state index < -0.39 is 6.10 Å². The third-order valence-electron chi connectivity index (χ3n) is 2.66. The number of amides is 1. The van der Waals surface area contributed by atoms with Gasteiger partial charge in [0.25, 0.3) is 5.91 Å². The summed E-state index contributed by atoms with van der Waals surface area (Å²) in [7, 11) is 1.60. The summed E-state index contributed by atoms with van der Waals surface area (Å²) in [5.41, 5.74) is 1.02. The van der Waals surface area contributed by atoms with Gasteiger partial charge in [-0.05, 0) is 12.5 Å². The molecule has 1 saturated heterocycles. The first-order chi connectivity index (χ1) is 8.20. The molecule has 1 aromatic heterocycles. The molecule has 1 N–H and O–H groups in total. The Kier molecular flexibility index (Phi) is 3.53. The largest absolute Gasteiger partial charge is 0.365 e. The van der Waals surface area contributed by atoms with E-state index in [4.69, 9.17) is 4.74 Å². The molecule has 1 aliphatic heterocycles. The summed E-state index contributed by atoms with van der Waals surface area (Å²) in [5.74, 6) is 0.537. The highest BCUT2D eigenvalue weighted by molar-refractivity contribution is 5.81. The number of rotatable bonds is 2. The van der Waals surface area contributed by atoms with Gasteiger partial charge in [-0.2, -0.15) is 0 Å². The first-order valence-electron chi connectivity index (χ1n) is 5.57. The molecule has 0 aromatic carbocycles. The lowest BCUT2D eigenvalue weighted by Gasteiger charge is -2.31. The molecule has 0 spiro atoms. The highest BCUT2D eigenvalue weighted by Gasteiger charge is 2.26. The normalized spacial score (nSPS) is 20.1. The Morgan fingerprint density at radius 1 is 1.53 bits per heavy atom. The number of morpholine rings is 1. The molecule has 0 saturated carbocycles. The van der Waals surface area contributed by atoms with Crippen LogP contribution in [0.2, 0.25) is 0 Å². The SMILES string of the molecule is CNC(=O)[C@H]1CN(c2ncc(C)cn2)CCO1. The fourth-order valence-electron chi connectivity index (χ4n) is 1.70. The number of aryl methyl sites for hydroxylation is 1. The Morgan fingerprint density at radius 3 is 2.88 bits per heavy atom. The Balaban J connectivity index is 2.06. The van der Waals surface area contributed by atoms with Gasteiger partial charge in [-0.1, -0.05) is 0 Å². The van der Waals surface area contributed by atoms with Crippen molar-refractivity contribution >= 4 is 11.9 Å². The van der Waals surface area contributed by atoms with Gasteiger partial charge in [-0.3, -0.25) is 4.79 Å². The molecule has 6 nitrogen and oxygen atoms in total. The van der Waals surface area contributed by atoms with Crippen molar-refractivity contribution in [3.05, 3.63) is 18.0 Å². The maximum Gasteiger partial charge on any atom is 0.250 e. The van der Waals surface area contributed by atoms with E-state index in [1.807, 2.05) is 11.8 Å². The Labute approximate surface area is 100 Å². The van der Waals surface area contributed by atoms with Crippen molar-refractivity contribution in [3.8, 4) is 0 Å². The van der Waals surface area contributed by atoms with Gasteiger partial charge in [0.2, 0.25) is 5.95 Å². The van der Waals surface area contributed by atoms with E-state index >= 15 is 0 Å². The second-order valence-corrected chi connectivity index (χ2v) is 3.98. The molecule has 0 aliphatic carbocycles. The molecule has 1 atom stereocenters. The van der Waals surface area contributed by atoms with Crippen LogP contribution in [0.1, 0.15) is 5.56 Å². The summed E-state index contributed by atoms with van der Waals surface area (Å²) in [6.45, 7) is 3.64. The van der Waals surface area contributed by atoms with E-state index in [0.29, 0.717) is 25.6 Å². The summed E-state index contributed by atoms with van der Waals surface area (Å²) in [5, 5.41) is 2.58. The van der Waals surface area contributed by atoms with Gasteiger partial charge >= 0.3 is 0 Å². The predicted octanol–water partition coefficient (Wildman–Crippen LogP) is -0.264. The topological polar surface area (TPSA) is 67.4 Å². The van der Waals surface area contributed by atoms with Crippen LogP contribution in [0.15, 0.2) is 12.4 Å². The van der Waals surface area contributed by atoms with Gasteiger partial charge in [0, 0.05) is 26.0 Å². The average Bonchev–Trinajstić information content (AvgIpc) is 2.39. The standard InChI is InChI=1S/C11H16N4O2/c1-8-5-13-11(14-6-8)15-3-4-17-9(7-15)10(16)12-2/h5-6,9H,3-4,7H2,1-2H3,(H,12,16)/t9-/m1/s1. The second kappa shape index (κ2) is 5.09. The average molecular weight is 236 g/mol. The van der Waals surface area contributed by atoms with Gasteiger partial charge < -0.3 is 15.0 Å². The number of anilines is 1. The zero-order valence-corrected chi connectivity index (χ0v) is 10.0. The number of hydrogen-bond acceptors (Lipinski definition) is 5. The Morgan fingerprint density at radius 2 is 2.24 bits per heavy atom. The van der Waals surface area contributed by atoms with Gasteiger partial charge in [0.1, 0.15) is 0 Å². The number of nitrogens with zero attached hydrogens (tertiary/aromatic N) is 3. The number of likely N-dealkylation sites (N-methyl/N-ethyl adjacent to an activating group) is 1. The van der Waals surface area contributed by atoms with Crippen molar-refractivity contribution in [3.63, 3.8) is 0 Å². The van der Waals surface area contributed by atoms with Crippen molar-refractivity contribution in [2.75, 3.05) is 31.6 Å². The maximum atomic E-state index is 11.5. The van der Waals surface area contributed by atoms with Crippen molar-refractivity contribution < 1.29 is 9.53 Å². The van der Waals surface area contributed by atoms with E-state index in [2.05, 4.69) is 15.3 Å². The maximum absolute atomic E-state index is 11.5. The van der Waals surface area contributed by atoms with E-state index in [1.165, 1.54) is 0 Å². The van der Waals surface area contributed by atoms with Crippen LogP contribution in [0.5, 0.6) is 0 Å². The molecule has 1 aromatic rings. The van der Waals surface area contributed by atoms with E-state index in [0.717, 1.165) is 5.56 Å². The Bertz CT molecular complexity index is 393. The van der Waals surface area contributed by atoms with Crippen LogP contribution >= 0.6 is 0 Å².